The Kier molecular flexibility index (Phi) is 2.63. The Bertz CT molecular complexity index is 472. The van der Waals surface area contributed by atoms with E-state index in [4.69, 9.17) is 0 Å². The van der Waals surface area contributed by atoms with E-state index in [2.05, 4.69) is 74.7 Å². The zero-order valence-electron chi connectivity index (χ0n) is 10.5. The Balaban J connectivity index is 2.60. The smallest absolute Gasteiger partial charge is 0.0487 e. The predicted molar refractivity (Wildman–Crippen MR) is 69.6 cm³/mol. The van der Waals surface area contributed by atoms with Crippen molar-refractivity contribution in [2.24, 2.45) is 0 Å². The summed E-state index contributed by atoms with van der Waals surface area (Å²) in [5.41, 5.74) is 4.01. The average molecular weight is 213 g/mol. The second-order valence-corrected chi connectivity index (χ2v) is 5.23. The molecule has 84 valence electrons. The molecule has 0 atom stereocenters. The van der Waals surface area contributed by atoms with E-state index in [1.807, 2.05) is 0 Å². The fraction of sp³-hybridized carbons (Fsp3) is 0.333. The van der Waals surface area contributed by atoms with Crippen molar-refractivity contribution in [3.05, 3.63) is 48.2 Å². The van der Waals surface area contributed by atoms with Crippen molar-refractivity contribution >= 4 is 0 Å². The second kappa shape index (κ2) is 3.82. The van der Waals surface area contributed by atoms with Crippen LogP contribution in [0.3, 0.4) is 0 Å². The highest BCUT2D eigenvalue weighted by atomic mass is 15.1. The Hall–Kier alpha value is -1.50. The molecular weight excluding hydrogens is 194 g/mol. The first-order valence-corrected chi connectivity index (χ1v) is 5.74. The summed E-state index contributed by atoms with van der Waals surface area (Å²) in [6.07, 6.45) is 0. The minimum atomic E-state index is 0.124. The number of hydrogen-bond acceptors (Lipinski definition) is 0. The van der Waals surface area contributed by atoms with Gasteiger partial charge in [0.05, 0.1) is 0 Å². The van der Waals surface area contributed by atoms with Gasteiger partial charge < -0.3 is 4.57 Å². The number of benzene rings is 1. The van der Waals surface area contributed by atoms with E-state index < -0.39 is 0 Å². The second-order valence-electron chi connectivity index (χ2n) is 5.23. The van der Waals surface area contributed by atoms with Gasteiger partial charge in [-0.3, -0.25) is 0 Å². The maximum Gasteiger partial charge on any atom is 0.0487 e. The van der Waals surface area contributed by atoms with Crippen LogP contribution in [0.5, 0.6) is 0 Å². The molecule has 1 nitrogen and oxygen atoms in total. The summed E-state index contributed by atoms with van der Waals surface area (Å²) in [5, 5.41) is 0. The van der Waals surface area contributed by atoms with E-state index in [0.29, 0.717) is 0 Å². The quantitative estimate of drug-likeness (QED) is 0.668. The highest BCUT2D eigenvalue weighted by Crippen LogP contribution is 2.28. The fourth-order valence-corrected chi connectivity index (χ4v) is 2.26. The lowest BCUT2D eigenvalue weighted by atomic mass is 10.1. The molecule has 0 aliphatic rings. The highest BCUT2D eigenvalue weighted by molar-refractivity contribution is 5.61. The van der Waals surface area contributed by atoms with Gasteiger partial charge in [0, 0.05) is 16.9 Å². The van der Waals surface area contributed by atoms with Gasteiger partial charge in [0.15, 0.2) is 0 Å². The first kappa shape index (κ1) is 11.0. The molecule has 0 radical (unpaired) electrons. The van der Waals surface area contributed by atoms with Gasteiger partial charge in [-0.05, 0) is 45.4 Å². The van der Waals surface area contributed by atoms with Crippen molar-refractivity contribution in [1.29, 1.82) is 0 Å². The summed E-state index contributed by atoms with van der Waals surface area (Å²) in [4.78, 5) is 0. The lowest BCUT2D eigenvalue weighted by molar-refractivity contribution is 0.395. The first-order chi connectivity index (χ1) is 7.50. The molecule has 0 saturated heterocycles. The molecule has 0 spiro atoms. The van der Waals surface area contributed by atoms with Gasteiger partial charge in [-0.1, -0.05) is 30.3 Å². The average Bonchev–Trinajstić information content (AvgIpc) is 2.61. The third kappa shape index (κ3) is 1.90. The van der Waals surface area contributed by atoms with Crippen molar-refractivity contribution < 1.29 is 0 Å². The molecule has 0 aliphatic carbocycles. The molecular formula is C15H19N. The number of aryl methyl sites for hydroxylation is 1. The first-order valence-electron chi connectivity index (χ1n) is 5.74. The SMILES string of the molecule is Cc1ccc(-c2ccccc2)n1C(C)(C)C. The Labute approximate surface area is 97.7 Å². The van der Waals surface area contributed by atoms with Crippen molar-refractivity contribution in [3.63, 3.8) is 0 Å². The van der Waals surface area contributed by atoms with E-state index >= 15 is 0 Å². The topological polar surface area (TPSA) is 4.93 Å². The van der Waals surface area contributed by atoms with Crippen LogP contribution in [0.4, 0.5) is 0 Å². The summed E-state index contributed by atoms with van der Waals surface area (Å²) in [7, 11) is 0. The van der Waals surface area contributed by atoms with Crippen LogP contribution >= 0.6 is 0 Å². The number of nitrogens with zero attached hydrogens (tertiary/aromatic N) is 1. The minimum absolute atomic E-state index is 0.124. The van der Waals surface area contributed by atoms with Crippen LogP contribution in [0, 0.1) is 6.92 Å². The van der Waals surface area contributed by atoms with E-state index in [1.54, 1.807) is 0 Å². The van der Waals surface area contributed by atoms with Gasteiger partial charge in [0.1, 0.15) is 0 Å². The van der Waals surface area contributed by atoms with E-state index in [9.17, 15) is 0 Å². The molecule has 0 bridgehead atoms. The molecule has 0 aliphatic heterocycles. The van der Waals surface area contributed by atoms with Crippen molar-refractivity contribution in [2.45, 2.75) is 33.2 Å². The van der Waals surface area contributed by atoms with Crippen LogP contribution in [0.25, 0.3) is 11.3 Å². The Morgan fingerprint density at radius 1 is 0.875 bits per heavy atom. The summed E-state index contributed by atoms with van der Waals surface area (Å²) in [6, 6.07) is 15.0. The van der Waals surface area contributed by atoms with Gasteiger partial charge in [0.25, 0.3) is 0 Å². The van der Waals surface area contributed by atoms with Crippen LogP contribution in [0.15, 0.2) is 42.5 Å². The predicted octanol–water partition coefficient (Wildman–Crippen LogP) is 4.22. The fourth-order valence-electron chi connectivity index (χ4n) is 2.26. The molecule has 0 saturated carbocycles. The van der Waals surface area contributed by atoms with Crippen LogP contribution in [-0.2, 0) is 5.54 Å². The van der Waals surface area contributed by atoms with Gasteiger partial charge in [0.2, 0.25) is 0 Å². The minimum Gasteiger partial charge on any atom is -0.340 e. The standard InChI is InChI=1S/C15H19N/c1-12-10-11-14(16(12)15(2,3)4)13-8-6-5-7-9-13/h5-11H,1-4H3. The third-order valence-corrected chi connectivity index (χ3v) is 2.82. The van der Waals surface area contributed by atoms with Crippen LogP contribution in [0.1, 0.15) is 26.5 Å². The third-order valence-electron chi connectivity index (χ3n) is 2.82. The molecule has 2 rings (SSSR count). The molecule has 0 unspecified atom stereocenters. The Morgan fingerprint density at radius 2 is 1.50 bits per heavy atom. The molecule has 1 heterocycles. The maximum absolute atomic E-state index is 2.39. The van der Waals surface area contributed by atoms with Gasteiger partial charge >= 0.3 is 0 Å². The zero-order valence-corrected chi connectivity index (χ0v) is 10.5. The molecule has 1 heteroatoms. The zero-order chi connectivity index (χ0) is 11.8. The number of rotatable bonds is 1. The molecule has 1 aromatic heterocycles. The lowest BCUT2D eigenvalue weighted by Gasteiger charge is -2.26. The number of aromatic nitrogens is 1. The van der Waals surface area contributed by atoms with Crippen LogP contribution < -0.4 is 0 Å². The molecule has 0 N–H and O–H groups in total. The van der Waals surface area contributed by atoms with Crippen LogP contribution in [-0.4, -0.2) is 4.57 Å². The lowest BCUT2D eigenvalue weighted by Crippen LogP contribution is -2.23. The van der Waals surface area contributed by atoms with Crippen molar-refractivity contribution in [1.82, 2.24) is 4.57 Å². The molecule has 16 heavy (non-hydrogen) atoms. The molecule has 0 amide bonds. The van der Waals surface area contributed by atoms with Gasteiger partial charge in [-0.2, -0.15) is 0 Å². The molecule has 2 aromatic rings. The van der Waals surface area contributed by atoms with E-state index in [0.717, 1.165) is 0 Å². The summed E-state index contributed by atoms with van der Waals surface area (Å²) < 4.78 is 2.39. The summed E-state index contributed by atoms with van der Waals surface area (Å²) in [5.74, 6) is 0. The highest BCUT2D eigenvalue weighted by Gasteiger charge is 2.18. The summed E-state index contributed by atoms with van der Waals surface area (Å²) in [6.45, 7) is 8.89. The number of hydrogen-bond donors (Lipinski definition) is 0. The van der Waals surface area contributed by atoms with E-state index in [-0.39, 0.29) is 5.54 Å². The molecule has 1 aromatic carbocycles. The van der Waals surface area contributed by atoms with Crippen molar-refractivity contribution in [3.8, 4) is 11.3 Å². The monoisotopic (exact) mass is 213 g/mol. The summed E-state index contributed by atoms with van der Waals surface area (Å²) >= 11 is 0. The van der Waals surface area contributed by atoms with E-state index in [1.165, 1.54) is 17.0 Å². The maximum atomic E-state index is 2.39. The largest absolute Gasteiger partial charge is 0.340 e. The Morgan fingerprint density at radius 3 is 2.06 bits per heavy atom. The van der Waals surface area contributed by atoms with Gasteiger partial charge in [-0.25, -0.2) is 0 Å². The van der Waals surface area contributed by atoms with Gasteiger partial charge in [-0.15, -0.1) is 0 Å². The molecule has 0 fully saturated rings. The van der Waals surface area contributed by atoms with Crippen molar-refractivity contribution in [2.75, 3.05) is 0 Å². The van der Waals surface area contributed by atoms with Crippen LogP contribution in [0.2, 0.25) is 0 Å². The normalized spacial score (nSPS) is 11.8.